The van der Waals surface area contributed by atoms with Gasteiger partial charge in [0.2, 0.25) is 10.0 Å². The molecule has 1 heterocycles. The predicted octanol–water partition coefficient (Wildman–Crippen LogP) is -0.349. The van der Waals surface area contributed by atoms with Crippen LogP contribution in [0.2, 0.25) is 0 Å². The van der Waals surface area contributed by atoms with Crippen LogP contribution in [0.3, 0.4) is 0 Å². The minimum absolute atomic E-state index is 0.179. The average molecular weight is 221 g/mol. The van der Waals surface area contributed by atoms with Crippen molar-refractivity contribution in [2.24, 2.45) is 5.14 Å². The Bertz CT molecular complexity index is 371. The van der Waals surface area contributed by atoms with Crippen LogP contribution in [0.4, 0.5) is 0 Å². The van der Waals surface area contributed by atoms with Gasteiger partial charge in [-0.1, -0.05) is 0 Å². The Balaban J connectivity index is 2.69. The second-order valence-corrected chi connectivity index (χ2v) is 5.13. The Morgan fingerprint density at radius 3 is 2.92 bits per heavy atom. The minimum atomic E-state index is -3.45. The van der Waals surface area contributed by atoms with Crippen LogP contribution in [0.15, 0.2) is 5.38 Å². The molecular formula is C6H11N3O2S2. The number of rotatable bonds is 4. The van der Waals surface area contributed by atoms with Gasteiger partial charge in [0, 0.05) is 11.9 Å². The Morgan fingerprint density at radius 2 is 2.38 bits per heavy atom. The fraction of sp³-hybridized carbons (Fsp3) is 0.500. The molecule has 7 heteroatoms. The summed E-state index contributed by atoms with van der Waals surface area (Å²) in [7, 11) is -1.65. The molecule has 0 spiro atoms. The van der Waals surface area contributed by atoms with Crippen LogP contribution < -0.4 is 10.5 Å². The molecule has 1 aromatic rings. The smallest absolute Gasteiger partial charge is 0.215 e. The van der Waals surface area contributed by atoms with Gasteiger partial charge in [0.15, 0.2) is 0 Å². The number of nitrogens with zero attached hydrogens (tertiary/aromatic N) is 1. The van der Waals surface area contributed by atoms with E-state index in [1.807, 2.05) is 5.38 Å². The topological polar surface area (TPSA) is 85.1 Å². The van der Waals surface area contributed by atoms with Crippen molar-refractivity contribution in [1.82, 2.24) is 10.3 Å². The fourth-order valence-electron chi connectivity index (χ4n) is 0.850. The zero-order chi connectivity index (χ0) is 9.90. The Morgan fingerprint density at radius 1 is 1.69 bits per heavy atom. The third-order valence-corrected chi connectivity index (χ3v) is 3.04. The Kier molecular flexibility index (Phi) is 3.37. The van der Waals surface area contributed by atoms with Gasteiger partial charge in [-0.15, -0.1) is 11.3 Å². The van der Waals surface area contributed by atoms with Gasteiger partial charge in [-0.3, -0.25) is 0 Å². The van der Waals surface area contributed by atoms with Crippen LogP contribution in [-0.2, 0) is 22.3 Å². The lowest BCUT2D eigenvalue weighted by Crippen LogP contribution is -2.14. The van der Waals surface area contributed by atoms with Crippen molar-refractivity contribution < 1.29 is 8.42 Å². The van der Waals surface area contributed by atoms with Crippen LogP contribution in [0.1, 0.15) is 10.7 Å². The van der Waals surface area contributed by atoms with Crippen LogP contribution in [-0.4, -0.2) is 20.4 Å². The zero-order valence-electron chi connectivity index (χ0n) is 7.15. The lowest BCUT2D eigenvalue weighted by molar-refractivity contribution is 0.597. The molecule has 74 valence electrons. The first-order valence-corrected chi connectivity index (χ1v) is 6.19. The fourth-order valence-corrected chi connectivity index (χ4v) is 2.60. The van der Waals surface area contributed by atoms with E-state index in [2.05, 4.69) is 10.3 Å². The van der Waals surface area contributed by atoms with Crippen molar-refractivity contribution in [2.75, 3.05) is 7.05 Å². The van der Waals surface area contributed by atoms with Crippen molar-refractivity contribution in [3.8, 4) is 0 Å². The molecule has 0 aromatic carbocycles. The standard InChI is InChI=1S/C6H11N3O2S2/c1-8-2-5-3-12-6(9-5)4-13(7,10)11/h3,8H,2,4H2,1H3,(H2,7,10,11). The van der Waals surface area contributed by atoms with Gasteiger partial charge in [-0.2, -0.15) is 0 Å². The molecule has 0 aliphatic rings. The molecule has 0 saturated heterocycles. The lowest BCUT2D eigenvalue weighted by atomic mass is 10.5. The Labute approximate surface area is 81.0 Å². The SMILES string of the molecule is CNCc1csc(CS(N)(=O)=O)n1. The molecule has 0 radical (unpaired) electrons. The number of thiazole rings is 1. The van der Waals surface area contributed by atoms with Gasteiger partial charge < -0.3 is 5.32 Å². The first kappa shape index (κ1) is 10.6. The van der Waals surface area contributed by atoms with E-state index in [9.17, 15) is 8.42 Å². The summed E-state index contributed by atoms with van der Waals surface area (Å²) >= 11 is 1.31. The second kappa shape index (κ2) is 4.14. The maximum atomic E-state index is 10.7. The summed E-state index contributed by atoms with van der Waals surface area (Å²) in [4.78, 5) is 4.08. The summed E-state index contributed by atoms with van der Waals surface area (Å²) < 4.78 is 21.4. The van der Waals surface area contributed by atoms with E-state index in [0.29, 0.717) is 11.6 Å². The summed E-state index contributed by atoms with van der Waals surface area (Å²) in [5.41, 5.74) is 0.839. The van der Waals surface area contributed by atoms with E-state index in [4.69, 9.17) is 5.14 Å². The third-order valence-electron chi connectivity index (χ3n) is 1.28. The molecule has 0 aliphatic heterocycles. The quantitative estimate of drug-likeness (QED) is 0.728. The summed E-state index contributed by atoms with van der Waals surface area (Å²) in [5, 5.41) is 10.1. The van der Waals surface area contributed by atoms with Gasteiger partial charge >= 0.3 is 0 Å². The number of hydrogen-bond donors (Lipinski definition) is 2. The van der Waals surface area contributed by atoms with Gasteiger partial charge in [0.05, 0.1) is 5.69 Å². The van der Waals surface area contributed by atoms with Crippen molar-refractivity contribution >= 4 is 21.4 Å². The molecule has 0 unspecified atom stereocenters. The molecule has 5 nitrogen and oxygen atoms in total. The highest BCUT2D eigenvalue weighted by molar-refractivity contribution is 7.88. The zero-order valence-corrected chi connectivity index (χ0v) is 8.78. The summed E-state index contributed by atoms with van der Waals surface area (Å²) in [6.45, 7) is 0.640. The predicted molar refractivity (Wildman–Crippen MR) is 51.7 cm³/mol. The number of primary sulfonamides is 1. The molecule has 13 heavy (non-hydrogen) atoms. The molecule has 0 saturated carbocycles. The molecule has 0 atom stereocenters. The number of nitrogens with two attached hydrogens (primary N) is 1. The maximum Gasteiger partial charge on any atom is 0.215 e. The first-order chi connectivity index (χ1) is 6.01. The molecule has 0 bridgehead atoms. The monoisotopic (exact) mass is 221 g/mol. The molecule has 1 rings (SSSR count). The first-order valence-electron chi connectivity index (χ1n) is 3.59. The highest BCUT2D eigenvalue weighted by Crippen LogP contribution is 2.11. The van der Waals surface area contributed by atoms with Gasteiger partial charge in [-0.05, 0) is 7.05 Å². The van der Waals surface area contributed by atoms with Gasteiger partial charge in [-0.25, -0.2) is 18.5 Å². The normalized spacial score (nSPS) is 11.8. The maximum absolute atomic E-state index is 10.7. The summed E-state index contributed by atoms with van der Waals surface area (Å²) in [6.07, 6.45) is 0. The highest BCUT2D eigenvalue weighted by atomic mass is 32.2. The number of aromatic nitrogens is 1. The van der Waals surface area contributed by atoms with E-state index in [-0.39, 0.29) is 5.75 Å². The van der Waals surface area contributed by atoms with Crippen LogP contribution in [0.5, 0.6) is 0 Å². The molecular weight excluding hydrogens is 210 g/mol. The van der Waals surface area contributed by atoms with Crippen molar-refractivity contribution in [2.45, 2.75) is 12.3 Å². The summed E-state index contributed by atoms with van der Waals surface area (Å²) in [5.74, 6) is -0.179. The van der Waals surface area contributed by atoms with E-state index in [0.717, 1.165) is 5.69 Å². The number of sulfonamides is 1. The van der Waals surface area contributed by atoms with E-state index in [1.165, 1.54) is 11.3 Å². The average Bonchev–Trinajstić information content (AvgIpc) is 2.33. The third kappa shape index (κ3) is 3.81. The van der Waals surface area contributed by atoms with Gasteiger partial charge in [0.1, 0.15) is 10.8 Å². The molecule has 0 amide bonds. The van der Waals surface area contributed by atoms with Crippen molar-refractivity contribution in [3.05, 3.63) is 16.1 Å². The lowest BCUT2D eigenvalue weighted by Gasteiger charge is -1.92. The second-order valence-electron chi connectivity index (χ2n) is 2.57. The number of nitrogens with one attached hydrogen (secondary N) is 1. The molecule has 1 aromatic heterocycles. The molecule has 0 fully saturated rings. The van der Waals surface area contributed by atoms with Crippen LogP contribution >= 0.6 is 11.3 Å². The minimum Gasteiger partial charge on any atom is -0.314 e. The largest absolute Gasteiger partial charge is 0.314 e. The number of hydrogen-bond acceptors (Lipinski definition) is 5. The van der Waals surface area contributed by atoms with Crippen LogP contribution in [0.25, 0.3) is 0 Å². The van der Waals surface area contributed by atoms with Crippen molar-refractivity contribution in [3.63, 3.8) is 0 Å². The van der Waals surface area contributed by atoms with Crippen molar-refractivity contribution in [1.29, 1.82) is 0 Å². The van der Waals surface area contributed by atoms with E-state index in [1.54, 1.807) is 7.05 Å². The van der Waals surface area contributed by atoms with Gasteiger partial charge in [0.25, 0.3) is 0 Å². The van der Waals surface area contributed by atoms with Crippen LogP contribution in [0, 0.1) is 0 Å². The highest BCUT2D eigenvalue weighted by Gasteiger charge is 2.08. The summed E-state index contributed by atoms with van der Waals surface area (Å²) in [6, 6.07) is 0. The van der Waals surface area contributed by atoms with E-state index < -0.39 is 10.0 Å². The van der Waals surface area contributed by atoms with E-state index >= 15 is 0 Å². The molecule has 3 N–H and O–H groups in total. The molecule has 0 aliphatic carbocycles. The Hall–Kier alpha value is -0.500.